The van der Waals surface area contributed by atoms with Gasteiger partial charge in [-0.05, 0) is 42.0 Å². The highest BCUT2D eigenvalue weighted by Gasteiger charge is 2.39. The first-order valence-electron chi connectivity index (χ1n) is 4.65. The van der Waals surface area contributed by atoms with Crippen LogP contribution in [-0.4, -0.2) is 13.0 Å². The Bertz CT molecular complexity index is 340. The number of alkyl halides is 1. The van der Waals surface area contributed by atoms with Crippen LogP contribution in [0, 0.1) is 5.92 Å². The fraction of sp³-hybridized carbons (Fsp3) is 0.455. The van der Waals surface area contributed by atoms with E-state index in [9.17, 15) is 0 Å². The number of hydrogen-bond acceptors (Lipinski definition) is 1. The van der Waals surface area contributed by atoms with Crippen molar-refractivity contribution in [2.24, 2.45) is 5.92 Å². The highest BCUT2D eigenvalue weighted by atomic mass is 79.9. The number of benzene rings is 1. The minimum absolute atomic E-state index is 0.597. The summed E-state index contributed by atoms with van der Waals surface area (Å²) >= 11 is 9.30. The van der Waals surface area contributed by atoms with Gasteiger partial charge < -0.3 is 4.74 Å². The van der Waals surface area contributed by atoms with Crippen molar-refractivity contribution >= 4 is 27.5 Å². The van der Waals surface area contributed by atoms with Gasteiger partial charge in [-0.3, -0.25) is 0 Å². The molecular formula is C11H12BrClO. The summed E-state index contributed by atoms with van der Waals surface area (Å²) in [5.41, 5.74) is 1.28. The van der Waals surface area contributed by atoms with Gasteiger partial charge in [0.15, 0.2) is 0 Å². The van der Waals surface area contributed by atoms with E-state index in [2.05, 4.69) is 22.0 Å². The van der Waals surface area contributed by atoms with E-state index in [4.69, 9.17) is 16.3 Å². The molecule has 0 saturated heterocycles. The minimum atomic E-state index is 0.597. The van der Waals surface area contributed by atoms with Crippen LogP contribution in [0.3, 0.4) is 0 Å². The second-order valence-corrected chi connectivity index (χ2v) is 4.87. The van der Waals surface area contributed by atoms with Crippen molar-refractivity contribution in [2.75, 3.05) is 13.0 Å². The number of halogens is 2. The van der Waals surface area contributed by atoms with Crippen LogP contribution in [-0.2, 0) is 0 Å². The van der Waals surface area contributed by atoms with Crippen molar-refractivity contribution in [1.29, 1.82) is 0 Å². The maximum Gasteiger partial charge on any atom is 0.122 e. The molecule has 1 aromatic rings. The molecule has 76 valence electrons. The monoisotopic (exact) mass is 274 g/mol. The highest BCUT2D eigenvalue weighted by Crippen LogP contribution is 2.51. The van der Waals surface area contributed by atoms with Crippen molar-refractivity contribution in [3.8, 4) is 5.75 Å². The molecule has 1 aliphatic carbocycles. The van der Waals surface area contributed by atoms with Crippen molar-refractivity contribution in [3.63, 3.8) is 0 Å². The quantitative estimate of drug-likeness (QED) is 0.763. The summed E-state index contributed by atoms with van der Waals surface area (Å²) in [5.74, 6) is 2.96. The fourth-order valence-corrected chi connectivity index (χ4v) is 2.51. The van der Waals surface area contributed by atoms with E-state index in [-0.39, 0.29) is 0 Å². The Kier molecular flexibility index (Phi) is 3.03. The smallest absolute Gasteiger partial charge is 0.122 e. The molecule has 0 spiro atoms. The Morgan fingerprint density at radius 1 is 1.57 bits per heavy atom. The molecule has 2 rings (SSSR count). The second kappa shape index (κ2) is 4.11. The number of hydrogen-bond donors (Lipinski definition) is 0. The maximum absolute atomic E-state index is 5.83. The first kappa shape index (κ1) is 10.3. The average molecular weight is 276 g/mol. The van der Waals surface area contributed by atoms with Crippen LogP contribution >= 0.6 is 27.5 Å². The van der Waals surface area contributed by atoms with Gasteiger partial charge in [0.2, 0.25) is 0 Å². The van der Waals surface area contributed by atoms with E-state index in [1.54, 1.807) is 7.11 Å². The van der Waals surface area contributed by atoms with Gasteiger partial charge in [-0.25, -0.2) is 0 Å². The molecule has 0 radical (unpaired) electrons. The van der Waals surface area contributed by atoms with Gasteiger partial charge in [-0.1, -0.05) is 15.9 Å². The van der Waals surface area contributed by atoms with E-state index in [0.717, 1.165) is 16.1 Å². The van der Waals surface area contributed by atoms with Gasteiger partial charge in [0.1, 0.15) is 5.75 Å². The van der Waals surface area contributed by atoms with Crippen LogP contribution in [0.25, 0.3) is 0 Å². The first-order chi connectivity index (χ1) is 6.76. The van der Waals surface area contributed by atoms with E-state index >= 15 is 0 Å². The molecule has 0 heterocycles. The van der Waals surface area contributed by atoms with Crippen LogP contribution in [0.1, 0.15) is 17.9 Å². The van der Waals surface area contributed by atoms with Gasteiger partial charge in [0, 0.05) is 10.4 Å². The zero-order chi connectivity index (χ0) is 10.1. The summed E-state index contributed by atoms with van der Waals surface area (Å²) < 4.78 is 6.44. The lowest BCUT2D eigenvalue weighted by molar-refractivity contribution is 0.409. The van der Waals surface area contributed by atoms with Crippen LogP contribution in [0.5, 0.6) is 5.75 Å². The number of methoxy groups -OCH3 is 1. The zero-order valence-corrected chi connectivity index (χ0v) is 10.3. The van der Waals surface area contributed by atoms with Crippen LogP contribution in [0.15, 0.2) is 22.7 Å². The average Bonchev–Trinajstić information content (AvgIpc) is 2.96. The molecule has 1 aromatic carbocycles. The molecule has 2 unspecified atom stereocenters. The van der Waals surface area contributed by atoms with E-state index in [0.29, 0.717) is 11.8 Å². The SMILES string of the molecule is COc1ccc(Br)cc1C1CC1CCl. The van der Waals surface area contributed by atoms with Crippen LogP contribution in [0.2, 0.25) is 0 Å². The Labute approximate surface area is 97.5 Å². The van der Waals surface area contributed by atoms with Gasteiger partial charge in [-0.15, -0.1) is 11.6 Å². The van der Waals surface area contributed by atoms with Crippen molar-refractivity contribution in [1.82, 2.24) is 0 Å². The van der Waals surface area contributed by atoms with E-state index in [1.165, 1.54) is 12.0 Å². The molecule has 1 fully saturated rings. The van der Waals surface area contributed by atoms with Crippen LogP contribution < -0.4 is 4.74 Å². The summed E-state index contributed by atoms with van der Waals surface area (Å²) in [5, 5.41) is 0. The maximum atomic E-state index is 5.83. The summed E-state index contributed by atoms with van der Waals surface area (Å²) in [6, 6.07) is 6.14. The van der Waals surface area contributed by atoms with Crippen molar-refractivity contribution in [3.05, 3.63) is 28.2 Å². The second-order valence-electron chi connectivity index (χ2n) is 3.64. The first-order valence-corrected chi connectivity index (χ1v) is 5.98. The third-order valence-corrected chi connectivity index (χ3v) is 3.60. The lowest BCUT2D eigenvalue weighted by Crippen LogP contribution is -1.92. The summed E-state index contributed by atoms with van der Waals surface area (Å²) in [4.78, 5) is 0. The van der Waals surface area contributed by atoms with Crippen LogP contribution in [0.4, 0.5) is 0 Å². The fourth-order valence-electron chi connectivity index (χ4n) is 1.79. The third kappa shape index (κ3) is 1.91. The molecule has 14 heavy (non-hydrogen) atoms. The topological polar surface area (TPSA) is 9.23 Å². The van der Waals surface area contributed by atoms with E-state index < -0.39 is 0 Å². The third-order valence-electron chi connectivity index (χ3n) is 2.71. The normalized spacial score (nSPS) is 24.8. The van der Waals surface area contributed by atoms with Crippen molar-refractivity contribution in [2.45, 2.75) is 12.3 Å². The number of ether oxygens (including phenoxy) is 1. The largest absolute Gasteiger partial charge is 0.496 e. The minimum Gasteiger partial charge on any atom is -0.496 e. The molecule has 1 saturated carbocycles. The Balaban J connectivity index is 2.27. The molecule has 1 aliphatic rings. The zero-order valence-electron chi connectivity index (χ0n) is 7.97. The van der Waals surface area contributed by atoms with E-state index in [1.807, 2.05) is 12.1 Å². The molecule has 0 bridgehead atoms. The number of rotatable bonds is 3. The summed E-state index contributed by atoms with van der Waals surface area (Å²) in [6.45, 7) is 0. The molecule has 1 nitrogen and oxygen atoms in total. The molecular weight excluding hydrogens is 263 g/mol. The Hall–Kier alpha value is -0.210. The molecule has 0 aliphatic heterocycles. The predicted molar refractivity (Wildman–Crippen MR) is 62.3 cm³/mol. The Morgan fingerprint density at radius 3 is 2.93 bits per heavy atom. The molecule has 0 amide bonds. The van der Waals surface area contributed by atoms with Gasteiger partial charge in [-0.2, -0.15) is 0 Å². The molecule has 2 atom stereocenters. The molecule has 0 aromatic heterocycles. The summed E-state index contributed by atoms with van der Waals surface area (Å²) in [6.07, 6.45) is 1.19. The lowest BCUT2D eigenvalue weighted by atomic mass is 10.1. The standard InChI is InChI=1S/C11H12BrClO/c1-14-11-3-2-8(12)5-10(11)9-4-7(9)6-13/h2-3,5,7,9H,4,6H2,1H3. The van der Waals surface area contributed by atoms with Gasteiger partial charge >= 0.3 is 0 Å². The highest BCUT2D eigenvalue weighted by molar-refractivity contribution is 9.10. The molecule has 3 heteroatoms. The van der Waals surface area contributed by atoms with Gasteiger partial charge in [0.05, 0.1) is 7.11 Å². The predicted octanol–water partition coefficient (Wildman–Crippen LogP) is 3.80. The Morgan fingerprint density at radius 2 is 2.36 bits per heavy atom. The van der Waals surface area contributed by atoms with Gasteiger partial charge in [0.25, 0.3) is 0 Å². The van der Waals surface area contributed by atoms with Crippen molar-refractivity contribution < 1.29 is 4.74 Å². The summed E-state index contributed by atoms with van der Waals surface area (Å²) in [7, 11) is 1.71. The molecule has 0 N–H and O–H groups in total. The lowest BCUT2D eigenvalue weighted by Gasteiger charge is -2.08.